The van der Waals surface area contributed by atoms with Crippen LogP contribution in [0.4, 0.5) is 0 Å². The lowest BCUT2D eigenvalue weighted by Crippen LogP contribution is -2.31. The monoisotopic (exact) mass is 152 g/mol. The highest BCUT2D eigenvalue weighted by Crippen LogP contribution is 2.16. The molecule has 3 heteroatoms. The second-order valence-corrected chi connectivity index (χ2v) is 2.71. The summed E-state index contributed by atoms with van der Waals surface area (Å²) < 4.78 is 0. The van der Waals surface area contributed by atoms with E-state index in [2.05, 4.69) is 4.98 Å². The van der Waals surface area contributed by atoms with Crippen molar-refractivity contribution in [3.05, 3.63) is 30.1 Å². The minimum atomic E-state index is -0.928. The third-order valence-electron chi connectivity index (χ3n) is 1.70. The van der Waals surface area contributed by atoms with Gasteiger partial charge < -0.3 is 10.8 Å². The van der Waals surface area contributed by atoms with Crippen LogP contribution in [0.2, 0.25) is 0 Å². The minimum absolute atomic E-state index is 0.219. The number of nitrogens with zero attached hydrogens (tertiary/aromatic N) is 1. The molecule has 60 valence electrons. The maximum absolute atomic E-state index is 9.64. The summed E-state index contributed by atoms with van der Waals surface area (Å²) in [5.74, 6) is 0. The van der Waals surface area contributed by atoms with Gasteiger partial charge in [0, 0.05) is 18.9 Å². The van der Waals surface area contributed by atoms with Gasteiger partial charge in [0.25, 0.3) is 0 Å². The smallest absolute Gasteiger partial charge is 0.0991 e. The lowest BCUT2D eigenvalue weighted by atomic mass is 9.98. The van der Waals surface area contributed by atoms with E-state index in [1.165, 1.54) is 0 Å². The molecule has 1 aromatic rings. The van der Waals surface area contributed by atoms with E-state index in [1.54, 1.807) is 31.5 Å². The summed E-state index contributed by atoms with van der Waals surface area (Å²) in [5.41, 5.74) is 5.24. The first-order chi connectivity index (χ1) is 5.17. The summed E-state index contributed by atoms with van der Waals surface area (Å²) in [4.78, 5) is 3.84. The molecule has 0 unspecified atom stereocenters. The van der Waals surface area contributed by atoms with Crippen LogP contribution in [0.25, 0.3) is 0 Å². The van der Waals surface area contributed by atoms with Gasteiger partial charge in [-0.05, 0) is 24.6 Å². The van der Waals surface area contributed by atoms with Crippen molar-refractivity contribution in [3.63, 3.8) is 0 Å². The number of pyridine rings is 1. The summed E-state index contributed by atoms with van der Waals surface area (Å²) in [6.07, 6.45) is 3.28. The molecule has 0 bridgehead atoms. The average Bonchev–Trinajstić information content (AvgIpc) is 2.06. The number of aliphatic hydroxyl groups is 1. The Hall–Kier alpha value is -0.930. The molecule has 0 spiro atoms. The van der Waals surface area contributed by atoms with Crippen LogP contribution in [0.15, 0.2) is 24.5 Å². The minimum Gasteiger partial charge on any atom is -0.384 e. The van der Waals surface area contributed by atoms with Crippen molar-refractivity contribution in [2.24, 2.45) is 5.73 Å². The number of aromatic nitrogens is 1. The van der Waals surface area contributed by atoms with Gasteiger partial charge in [-0.1, -0.05) is 0 Å². The average molecular weight is 152 g/mol. The van der Waals surface area contributed by atoms with Crippen molar-refractivity contribution in [1.82, 2.24) is 4.98 Å². The van der Waals surface area contributed by atoms with Gasteiger partial charge in [0.1, 0.15) is 0 Å². The Morgan fingerprint density at radius 1 is 1.55 bits per heavy atom. The first kappa shape index (κ1) is 8.17. The summed E-state index contributed by atoms with van der Waals surface area (Å²) in [6.45, 7) is 1.90. The molecule has 0 aliphatic carbocycles. The number of nitrogens with two attached hydrogens (primary N) is 1. The zero-order chi connectivity index (χ0) is 8.32. The van der Waals surface area contributed by atoms with Crippen LogP contribution in [-0.4, -0.2) is 16.6 Å². The van der Waals surface area contributed by atoms with Gasteiger partial charge in [0.15, 0.2) is 0 Å². The van der Waals surface area contributed by atoms with Crippen LogP contribution in [0.3, 0.4) is 0 Å². The molecule has 0 aliphatic rings. The lowest BCUT2D eigenvalue weighted by Gasteiger charge is -2.20. The van der Waals surface area contributed by atoms with Gasteiger partial charge in [-0.25, -0.2) is 0 Å². The predicted octanol–water partition coefficient (Wildman–Crippen LogP) is 0.248. The molecule has 0 aromatic carbocycles. The molecule has 3 nitrogen and oxygen atoms in total. The number of rotatable bonds is 2. The third kappa shape index (κ3) is 1.76. The van der Waals surface area contributed by atoms with Crippen molar-refractivity contribution in [2.75, 3.05) is 6.54 Å². The SMILES string of the molecule is C[C@](O)(CN)c1ccncc1. The second kappa shape index (κ2) is 2.98. The van der Waals surface area contributed by atoms with E-state index in [0.29, 0.717) is 0 Å². The van der Waals surface area contributed by atoms with Crippen LogP contribution in [0.1, 0.15) is 12.5 Å². The molecule has 1 rings (SSSR count). The Morgan fingerprint density at radius 2 is 2.09 bits per heavy atom. The van der Waals surface area contributed by atoms with Crippen molar-refractivity contribution in [1.29, 1.82) is 0 Å². The molecule has 1 aromatic heterocycles. The van der Waals surface area contributed by atoms with Crippen molar-refractivity contribution >= 4 is 0 Å². The standard InChI is InChI=1S/C8H12N2O/c1-8(11,6-9)7-2-4-10-5-3-7/h2-5,11H,6,9H2,1H3/t8-/m0/s1. The van der Waals surface area contributed by atoms with Gasteiger partial charge >= 0.3 is 0 Å². The first-order valence-electron chi connectivity index (χ1n) is 3.50. The molecule has 0 fully saturated rings. The van der Waals surface area contributed by atoms with E-state index in [0.717, 1.165) is 5.56 Å². The largest absolute Gasteiger partial charge is 0.384 e. The Balaban J connectivity index is 2.93. The summed E-state index contributed by atoms with van der Waals surface area (Å²) in [6, 6.07) is 3.51. The van der Waals surface area contributed by atoms with E-state index in [1.807, 2.05) is 0 Å². The normalized spacial score (nSPS) is 15.9. The van der Waals surface area contributed by atoms with Crippen LogP contribution < -0.4 is 5.73 Å². The predicted molar refractivity (Wildman–Crippen MR) is 42.9 cm³/mol. The summed E-state index contributed by atoms with van der Waals surface area (Å²) >= 11 is 0. The van der Waals surface area contributed by atoms with Crippen molar-refractivity contribution in [2.45, 2.75) is 12.5 Å². The molecule has 0 amide bonds. The Labute approximate surface area is 65.9 Å². The maximum atomic E-state index is 9.64. The van der Waals surface area contributed by atoms with E-state index >= 15 is 0 Å². The Morgan fingerprint density at radius 3 is 2.55 bits per heavy atom. The van der Waals surface area contributed by atoms with Gasteiger partial charge in [-0.15, -0.1) is 0 Å². The molecule has 11 heavy (non-hydrogen) atoms. The maximum Gasteiger partial charge on any atom is 0.0991 e. The van der Waals surface area contributed by atoms with Gasteiger partial charge in [-0.3, -0.25) is 4.98 Å². The van der Waals surface area contributed by atoms with Crippen molar-refractivity contribution < 1.29 is 5.11 Å². The van der Waals surface area contributed by atoms with Crippen LogP contribution in [0.5, 0.6) is 0 Å². The summed E-state index contributed by atoms with van der Waals surface area (Å²) in [7, 11) is 0. The quantitative estimate of drug-likeness (QED) is 0.638. The first-order valence-corrected chi connectivity index (χ1v) is 3.50. The zero-order valence-corrected chi connectivity index (χ0v) is 6.49. The van der Waals surface area contributed by atoms with Crippen LogP contribution in [-0.2, 0) is 5.60 Å². The molecular weight excluding hydrogens is 140 g/mol. The van der Waals surface area contributed by atoms with E-state index in [4.69, 9.17) is 5.73 Å². The van der Waals surface area contributed by atoms with E-state index < -0.39 is 5.60 Å². The molecule has 0 radical (unpaired) electrons. The highest BCUT2D eigenvalue weighted by Gasteiger charge is 2.19. The molecule has 0 saturated heterocycles. The molecule has 0 saturated carbocycles. The third-order valence-corrected chi connectivity index (χ3v) is 1.70. The van der Waals surface area contributed by atoms with Gasteiger partial charge in [0.05, 0.1) is 5.60 Å². The van der Waals surface area contributed by atoms with Crippen LogP contribution in [0, 0.1) is 0 Å². The number of hydrogen-bond donors (Lipinski definition) is 2. The molecule has 0 aliphatic heterocycles. The second-order valence-electron chi connectivity index (χ2n) is 2.71. The van der Waals surface area contributed by atoms with E-state index in [-0.39, 0.29) is 6.54 Å². The molecule has 1 atom stereocenters. The molecular formula is C8H12N2O. The van der Waals surface area contributed by atoms with Gasteiger partial charge in [-0.2, -0.15) is 0 Å². The topological polar surface area (TPSA) is 59.1 Å². The fourth-order valence-electron chi connectivity index (χ4n) is 0.829. The summed E-state index contributed by atoms with van der Waals surface area (Å²) in [5, 5.41) is 9.64. The molecule has 1 heterocycles. The van der Waals surface area contributed by atoms with Crippen molar-refractivity contribution in [3.8, 4) is 0 Å². The Bertz CT molecular complexity index is 221. The number of hydrogen-bond acceptors (Lipinski definition) is 3. The fraction of sp³-hybridized carbons (Fsp3) is 0.375. The highest BCUT2D eigenvalue weighted by molar-refractivity contribution is 5.18. The fourth-order valence-corrected chi connectivity index (χ4v) is 0.829. The van der Waals surface area contributed by atoms with Crippen LogP contribution >= 0.6 is 0 Å². The zero-order valence-electron chi connectivity index (χ0n) is 6.49. The Kier molecular flexibility index (Phi) is 2.22. The van der Waals surface area contributed by atoms with Gasteiger partial charge in [0.2, 0.25) is 0 Å². The van der Waals surface area contributed by atoms with E-state index in [9.17, 15) is 5.11 Å². The lowest BCUT2D eigenvalue weighted by molar-refractivity contribution is 0.0667. The highest BCUT2D eigenvalue weighted by atomic mass is 16.3. The molecule has 3 N–H and O–H groups in total.